The first kappa shape index (κ1) is 19.9. The van der Waals surface area contributed by atoms with Gasteiger partial charge in [0.25, 0.3) is 0 Å². The van der Waals surface area contributed by atoms with Crippen LogP contribution in [0.4, 0.5) is 0 Å². The Hall–Kier alpha value is -1.39. The maximum atomic E-state index is 12.5. The summed E-state index contributed by atoms with van der Waals surface area (Å²) in [5, 5.41) is 12.8. The highest BCUT2D eigenvalue weighted by molar-refractivity contribution is 5.78. The topological polar surface area (TPSA) is 52.6 Å². The van der Waals surface area contributed by atoms with E-state index in [4.69, 9.17) is 0 Å². The molecule has 0 spiro atoms. The van der Waals surface area contributed by atoms with Crippen molar-refractivity contribution in [1.82, 2.24) is 10.2 Å². The van der Waals surface area contributed by atoms with E-state index in [-0.39, 0.29) is 17.9 Å². The van der Waals surface area contributed by atoms with Crippen molar-refractivity contribution in [3.05, 3.63) is 35.4 Å². The molecule has 1 atom stereocenters. The molecular weight excluding hydrogens is 312 g/mol. The van der Waals surface area contributed by atoms with Crippen LogP contribution >= 0.6 is 0 Å². The Bertz CT molecular complexity index is 536. The zero-order valence-electron chi connectivity index (χ0n) is 16.0. The minimum absolute atomic E-state index is 0.0979. The number of rotatable bonds is 8. The number of hydrogen-bond donors (Lipinski definition) is 2. The second-order valence-electron chi connectivity index (χ2n) is 7.63. The van der Waals surface area contributed by atoms with E-state index in [1.807, 2.05) is 6.07 Å². The summed E-state index contributed by atoms with van der Waals surface area (Å²) in [6, 6.07) is 8.36. The molecule has 2 N–H and O–H groups in total. The minimum Gasteiger partial charge on any atom is -0.393 e. The highest BCUT2D eigenvalue weighted by Gasteiger charge is 2.21. The molecule has 1 aliphatic heterocycles. The summed E-state index contributed by atoms with van der Waals surface area (Å²) < 4.78 is 0. The molecule has 0 aromatic heterocycles. The van der Waals surface area contributed by atoms with Gasteiger partial charge in [-0.15, -0.1) is 0 Å². The first-order chi connectivity index (χ1) is 12.0. The molecule has 25 heavy (non-hydrogen) atoms. The first-order valence-electron chi connectivity index (χ1n) is 9.76. The van der Waals surface area contributed by atoms with Gasteiger partial charge in [0.05, 0.1) is 6.10 Å². The van der Waals surface area contributed by atoms with E-state index in [0.29, 0.717) is 12.5 Å². The van der Waals surface area contributed by atoms with E-state index < -0.39 is 0 Å². The molecule has 0 saturated carbocycles. The van der Waals surface area contributed by atoms with Gasteiger partial charge < -0.3 is 10.4 Å². The largest absolute Gasteiger partial charge is 0.393 e. The van der Waals surface area contributed by atoms with Crippen LogP contribution in [0.3, 0.4) is 0 Å². The molecule has 0 aliphatic carbocycles. The molecule has 1 aliphatic rings. The third-order valence-corrected chi connectivity index (χ3v) is 5.26. The van der Waals surface area contributed by atoms with Gasteiger partial charge in [-0.3, -0.25) is 9.69 Å². The zero-order chi connectivity index (χ0) is 18.2. The average molecular weight is 347 g/mol. The smallest absolute Gasteiger partial charge is 0.223 e. The number of piperidine rings is 1. The van der Waals surface area contributed by atoms with Crippen molar-refractivity contribution in [3.8, 4) is 0 Å². The van der Waals surface area contributed by atoms with Crippen LogP contribution in [0.2, 0.25) is 0 Å². The Kier molecular flexibility index (Phi) is 7.91. The van der Waals surface area contributed by atoms with Gasteiger partial charge in [0.2, 0.25) is 5.91 Å². The van der Waals surface area contributed by atoms with Crippen LogP contribution in [-0.4, -0.2) is 35.1 Å². The van der Waals surface area contributed by atoms with Gasteiger partial charge in [-0.2, -0.15) is 0 Å². The van der Waals surface area contributed by atoms with E-state index >= 15 is 0 Å². The molecule has 1 heterocycles. The van der Waals surface area contributed by atoms with Crippen LogP contribution in [0.1, 0.15) is 57.6 Å². The number of carbonyl (C=O) groups excluding carboxylic acids is 1. The molecule has 1 unspecified atom stereocenters. The lowest BCUT2D eigenvalue weighted by atomic mass is 9.90. The number of benzene rings is 1. The highest BCUT2D eigenvalue weighted by atomic mass is 16.3. The fourth-order valence-corrected chi connectivity index (χ4v) is 3.59. The number of carbonyl (C=O) groups is 1. The number of aliphatic hydroxyl groups is 1. The van der Waals surface area contributed by atoms with E-state index in [9.17, 15) is 9.90 Å². The van der Waals surface area contributed by atoms with Gasteiger partial charge in [-0.05, 0) is 36.3 Å². The molecule has 1 amide bonds. The normalized spacial score (nSPS) is 17.6. The van der Waals surface area contributed by atoms with Crippen molar-refractivity contribution < 1.29 is 9.90 Å². The van der Waals surface area contributed by atoms with Crippen molar-refractivity contribution in [3.63, 3.8) is 0 Å². The van der Waals surface area contributed by atoms with Crippen molar-refractivity contribution >= 4 is 5.91 Å². The van der Waals surface area contributed by atoms with E-state index in [1.165, 1.54) is 11.1 Å². The lowest BCUT2D eigenvalue weighted by Gasteiger charge is -2.30. The average Bonchev–Trinajstić information content (AvgIpc) is 2.60. The SMILES string of the molecule is CCCC(C(=O)NCc1ccccc1CN1CCC(O)CC1)C(C)C. The Labute approximate surface area is 152 Å². The number of hydrogen-bond acceptors (Lipinski definition) is 3. The van der Waals surface area contributed by atoms with E-state index in [2.05, 4.69) is 49.2 Å². The molecule has 0 bridgehead atoms. The van der Waals surface area contributed by atoms with Gasteiger partial charge in [0.1, 0.15) is 0 Å². The van der Waals surface area contributed by atoms with Crippen molar-refractivity contribution in [2.45, 2.75) is 65.6 Å². The molecule has 1 fully saturated rings. The molecule has 4 heteroatoms. The molecule has 1 aromatic carbocycles. The number of aliphatic hydroxyl groups excluding tert-OH is 1. The predicted octanol–water partition coefficient (Wildman–Crippen LogP) is 3.33. The zero-order valence-corrected chi connectivity index (χ0v) is 16.0. The monoisotopic (exact) mass is 346 g/mol. The van der Waals surface area contributed by atoms with Crippen molar-refractivity contribution in [1.29, 1.82) is 0 Å². The number of nitrogens with zero attached hydrogens (tertiary/aromatic N) is 1. The standard InChI is InChI=1S/C21H34N2O2/c1-4-7-20(16(2)3)21(25)22-14-17-8-5-6-9-18(17)15-23-12-10-19(24)11-13-23/h5-6,8-9,16,19-20,24H,4,7,10-15H2,1-3H3,(H,22,25). The molecule has 1 saturated heterocycles. The molecule has 0 radical (unpaired) electrons. The second kappa shape index (κ2) is 9.93. The second-order valence-corrected chi connectivity index (χ2v) is 7.63. The number of likely N-dealkylation sites (tertiary alicyclic amines) is 1. The summed E-state index contributed by atoms with van der Waals surface area (Å²) in [6.45, 7) is 9.74. The summed E-state index contributed by atoms with van der Waals surface area (Å²) in [5.74, 6) is 0.642. The van der Waals surface area contributed by atoms with Crippen LogP contribution in [0.5, 0.6) is 0 Å². The Balaban J connectivity index is 1.94. The summed E-state index contributed by atoms with van der Waals surface area (Å²) in [5.41, 5.74) is 2.47. The van der Waals surface area contributed by atoms with E-state index in [0.717, 1.165) is 45.3 Å². The molecule has 1 aromatic rings. The van der Waals surface area contributed by atoms with Gasteiger partial charge in [-0.25, -0.2) is 0 Å². The summed E-state index contributed by atoms with van der Waals surface area (Å²) >= 11 is 0. The van der Waals surface area contributed by atoms with Crippen LogP contribution in [0.15, 0.2) is 24.3 Å². The maximum Gasteiger partial charge on any atom is 0.223 e. The quantitative estimate of drug-likeness (QED) is 0.759. The van der Waals surface area contributed by atoms with Gasteiger partial charge in [-0.1, -0.05) is 51.5 Å². The van der Waals surface area contributed by atoms with Crippen LogP contribution in [-0.2, 0) is 17.9 Å². The predicted molar refractivity (Wildman–Crippen MR) is 102 cm³/mol. The maximum absolute atomic E-state index is 12.5. The van der Waals surface area contributed by atoms with Crippen LogP contribution in [0, 0.1) is 11.8 Å². The van der Waals surface area contributed by atoms with Crippen LogP contribution < -0.4 is 5.32 Å². The Morgan fingerprint density at radius 1 is 1.24 bits per heavy atom. The van der Waals surface area contributed by atoms with Gasteiger partial charge in [0.15, 0.2) is 0 Å². The lowest BCUT2D eigenvalue weighted by molar-refractivity contribution is -0.126. The third-order valence-electron chi connectivity index (χ3n) is 5.26. The number of amides is 1. The minimum atomic E-state index is -0.141. The number of nitrogens with one attached hydrogen (secondary N) is 1. The Morgan fingerprint density at radius 3 is 2.48 bits per heavy atom. The summed E-state index contributed by atoms with van der Waals surface area (Å²) in [6.07, 6.45) is 3.55. The molecule has 2 rings (SSSR count). The van der Waals surface area contributed by atoms with Crippen molar-refractivity contribution in [2.24, 2.45) is 11.8 Å². The fourth-order valence-electron chi connectivity index (χ4n) is 3.59. The van der Waals surface area contributed by atoms with Gasteiger partial charge in [0, 0.05) is 32.1 Å². The first-order valence-corrected chi connectivity index (χ1v) is 9.76. The van der Waals surface area contributed by atoms with Gasteiger partial charge >= 0.3 is 0 Å². The van der Waals surface area contributed by atoms with Crippen LogP contribution in [0.25, 0.3) is 0 Å². The summed E-state index contributed by atoms with van der Waals surface area (Å²) in [4.78, 5) is 14.9. The Morgan fingerprint density at radius 2 is 1.88 bits per heavy atom. The molecule has 4 nitrogen and oxygen atoms in total. The fraction of sp³-hybridized carbons (Fsp3) is 0.667. The third kappa shape index (κ3) is 6.12. The van der Waals surface area contributed by atoms with Crippen molar-refractivity contribution in [2.75, 3.05) is 13.1 Å². The highest BCUT2D eigenvalue weighted by Crippen LogP contribution is 2.19. The lowest BCUT2D eigenvalue weighted by Crippen LogP contribution is -2.36. The van der Waals surface area contributed by atoms with E-state index in [1.54, 1.807) is 0 Å². The molecular formula is C21H34N2O2. The molecule has 140 valence electrons. The summed E-state index contributed by atoms with van der Waals surface area (Å²) in [7, 11) is 0.